The topological polar surface area (TPSA) is 92.2 Å². The molecule has 0 spiro atoms. The lowest BCUT2D eigenvalue weighted by atomic mass is 10.1. The summed E-state index contributed by atoms with van der Waals surface area (Å²) in [6, 6.07) is 16.8. The van der Waals surface area contributed by atoms with E-state index in [4.69, 9.17) is 0 Å². The van der Waals surface area contributed by atoms with Crippen LogP contribution in [0.1, 0.15) is 43.2 Å². The van der Waals surface area contributed by atoms with E-state index in [1.165, 1.54) is 0 Å². The minimum absolute atomic E-state index is 0.255. The summed E-state index contributed by atoms with van der Waals surface area (Å²) in [7, 11) is 0. The molecule has 0 fully saturated rings. The summed E-state index contributed by atoms with van der Waals surface area (Å²) in [4.78, 5) is 36.8. The van der Waals surface area contributed by atoms with E-state index in [2.05, 4.69) is 16.2 Å². The van der Waals surface area contributed by atoms with Crippen molar-refractivity contribution < 1.29 is 14.4 Å². The Morgan fingerprint density at radius 3 is 2.19 bits per heavy atom. The van der Waals surface area contributed by atoms with Crippen molar-refractivity contribution in [3.63, 3.8) is 0 Å². The summed E-state index contributed by atoms with van der Waals surface area (Å²) in [6.07, 6.45) is 0. The van der Waals surface area contributed by atoms with Crippen molar-refractivity contribution in [1.82, 2.24) is 20.7 Å². The molecule has 0 unspecified atom stereocenters. The monoisotopic (exact) mass is 418 g/mol. The SMILES string of the molecule is Cc1ccc(C(=O)NCC(=O)NNC(=O)c2cc(C)n(-c3ccccc3)c2C)cc1C. The molecular weight excluding hydrogens is 392 g/mol. The number of amides is 3. The maximum atomic E-state index is 12.6. The lowest BCUT2D eigenvalue weighted by Gasteiger charge is -2.11. The molecule has 0 saturated carbocycles. The molecule has 3 N–H and O–H groups in total. The van der Waals surface area contributed by atoms with Gasteiger partial charge >= 0.3 is 0 Å². The fraction of sp³-hybridized carbons (Fsp3) is 0.208. The van der Waals surface area contributed by atoms with E-state index < -0.39 is 11.8 Å². The van der Waals surface area contributed by atoms with Crippen molar-refractivity contribution in [2.45, 2.75) is 27.7 Å². The Kier molecular flexibility index (Phi) is 6.55. The van der Waals surface area contributed by atoms with Gasteiger partial charge in [-0.25, -0.2) is 0 Å². The maximum Gasteiger partial charge on any atom is 0.271 e. The summed E-state index contributed by atoms with van der Waals surface area (Å²) in [5.41, 5.74) is 10.4. The van der Waals surface area contributed by atoms with Crippen molar-refractivity contribution in [2.75, 3.05) is 6.54 Å². The zero-order valence-electron chi connectivity index (χ0n) is 18.1. The Morgan fingerprint density at radius 2 is 1.52 bits per heavy atom. The van der Waals surface area contributed by atoms with Crippen LogP contribution in [0.3, 0.4) is 0 Å². The van der Waals surface area contributed by atoms with Gasteiger partial charge in [0.25, 0.3) is 17.7 Å². The van der Waals surface area contributed by atoms with Crippen LogP contribution in [0.15, 0.2) is 54.6 Å². The second-order valence-corrected chi connectivity index (χ2v) is 7.44. The molecule has 160 valence electrons. The lowest BCUT2D eigenvalue weighted by Crippen LogP contribution is -2.46. The molecule has 2 aromatic carbocycles. The molecule has 0 saturated heterocycles. The summed E-state index contributed by atoms with van der Waals surface area (Å²) < 4.78 is 1.97. The second-order valence-electron chi connectivity index (χ2n) is 7.44. The number of carbonyl (C=O) groups excluding carboxylic acids is 3. The maximum absolute atomic E-state index is 12.6. The molecule has 7 nitrogen and oxygen atoms in total. The van der Waals surface area contributed by atoms with Crippen molar-refractivity contribution in [2.24, 2.45) is 0 Å². The average molecular weight is 418 g/mol. The van der Waals surface area contributed by atoms with Gasteiger partial charge in [0.2, 0.25) is 0 Å². The summed E-state index contributed by atoms with van der Waals surface area (Å²) >= 11 is 0. The van der Waals surface area contributed by atoms with Gasteiger partial charge in [-0.1, -0.05) is 24.3 Å². The zero-order valence-corrected chi connectivity index (χ0v) is 18.1. The lowest BCUT2D eigenvalue weighted by molar-refractivity contribution is -0.120. The number of carbonyl (C=O) groups is 3. The van der Waals surface area contributed by atoms with Crippen LogP contribution in [-0.2, 0) is 4.79 Å². The van der Waals surface area contributed by atoms with E-state index in [-0.39, 0.29) is 12.5 Å². The molecule has 1 heterocycles. The Balaban J connectivity index is 1.56. The van der Waals surface area contributed by atoms with Crippen LogP contribution < -0.4 is 16.2 Å². The molecule has 3 amide bonds. The van der Waals surface area contributed by atoms with E-state index in [9.17, 15) is 14.4 Å². The molecule has 0 aliphatic carbocycles. The van der Waals surface area contributed by atoms with Crippen LogP contribution in [0.5, 0.6) is 0 Å². The predicted octanol–water partition coefficient (Wildman–Crippen LogP) is 2.90. The molecule has 0 atom stereocenters. The number of hydrazine groups is 1. The highest BCUT2D eigenvalue weighted by Crippen LogP contribution is 2.20. The van der Waals surface area contributed by atoms with Crippen LogP contribution in [0.2, 0.25) is 0 Å². The zero-order chi connectivity index (χ0) is 22.5. The average Bonchev–Trinajstić information content (AvgIpc) is 3.06. The molecule has 1 aromatic heterocycles. The quantitative estimate of drug-likeness (QED) is 0.557. The molecule has 7 heteroatoms. The number of para-hydroxylation sites is 1. The smallest absolute Gasteiger partial charge is 0.271 e. The normalized spacial score (nSPS) is 10.5. The third kappa shape index (κ3) is 5.01. The summed E-state index contributed by atoms with van der Waals surface area (Å²) in [5, 5.41) is 2.55. The molecule has 0 aliphatic rings. The Labute approximate surface area is 181 Å². The van der Waals surface area contributed by atoms with E-state index in [0.29, 0.717) is 11.1 Å². The summed E-state index contributed by atoms with van der Waals surface area (Å²) in [6.45, 7) is 7.39. The van der Waals surface area contributed by atoms with Gasteiger partial charge in [-0.2, -0.15) is 0 Å². The van der Waals surface area contributed by atoms with Gasteiger partial charge in [0.05, 0.1) is 12.1 Å². The third-order valence-corrected chi connectivity index (χ3v) is 5.18. The predicted molar refractivity (Wildman–Crippen MR) is 119 cm³/mol. The first-order chi connectivity index (χ1) is 14.8. The van der Waals surface area contributed by atoms with Crippen LogP contribution in [0.25, 0.3) is 5.69 Å². The number of hydrogen-bond acceptors (Lipinski definition) is 3. The highest BCUT2D eigenvalue weighted by molar-refractivity contribution is 5.98. The molecule has 3 aromatic rings. The van der Waals surface area contributed by atoms with Gasteiger partial charge in [0.1, 0.15) is 0 Å². The Bertz CT molecular complexity index is 1130. The van der Waals surface area contributed by atoms with E-state index in [1.807, 2.05) is 68.7 Å². The van der Waals surface area contributed by atoms with Crippen molar-refractivity contribution in [3.8, 4) is 5.69 Å². The van der Waals surface area contributed by atoms with Crippen LogP contribution in [0, 0.1) is 27.7 Å². The van der Waals surface area contributed by atoms with E-state index >= 15 is 0 Å². The summed E-state index contributed by atoms with van der Waals surface area (Å²) in [5.74, 6) is -1.30. The number of aromatic nitrogens is 1. The Morgan fingerprint density at radius 1 is 0.806 bits per heavy atom. The third-order valence-electron chi connectivity index (χ3n) is 5.18. The van der Waals surface area contributed by atoms with Crippen LogP contribution in [0.4, 0.5) is 0 Å². The van der Waals surface area contributed by atoms with Gasteiger partial charge in [0, 0.05) is 22.6 Å². The molecule has 0 bridgehead atoms. The fourth-order valence-electron chi connectivity index (χ4n) is 3.35. The highest BCUT2D eigenvalue weighted by Gasteiger charge is 2.17. The molecule has 0 radical (unpaired) electrons. The first-order valence-electron chi connectivity index (χ1n) is 9.97. The molecular formula is C24H26N4O3. The Hall–Kier alpha value is -3.87. The minimum Gasteiger partial charge on any atom is -0.343 e. The van der Waals surface area contributed by atoms with Gasteiger partial charge in [0.15, 0.2) is 0 Å². The van der Waals surface area contributed by atoms with Gasteiger partial charge in [-0.3, -0.25) is 25.2 Å². The van der Waals surface area contributed by atoms with Crippen LogP contribution >= 0.6 is 0 Å². The standard InChI is InChI=1S/C24H26N4O3/c1-15-10-11-19(12-16(15)2)23(30)25-14-22(29)26-27-24(31)21-13-17(3)28(18(21)4)20-8-6-5-7-9-20/h5-13H,14H2,1-4H3,(H,25,30)(H,26,29)(H,27,31). The van der Waals surface area contributed by atoms with Gasteiger partial charge in [-0.05, 0) is 69.2 Å². The van der Waals surface area contributed by atoms with Crippen molar-refractivity contribution in [1.29, 1.82) is 0 Å². The number of nitrogens with one attached hydrogen (secondary N) is 3. The van der Waals surface area contributed by atoms with Gasteiger partial charge < -0.3 is 9.88 Å². The molecule has 3 rings (SSSR count). The highest BCUT2D eigenvalue weighted by atomic mass is 16.2. The first-order valence-corrected chi connectivity index (χ1v) is 9.97. The van der Waals surface area contributed by atoms with E-state index in [0.717, 1.165) is 28.2 Å². The van der Waals surface area contributed by atoms with Gasteiger partial charge in [-0.15, -0.1) is 0 Å². The second kappa shape index (κ2) is 9.30. The molecule has 0 aliphatic heterocycles. The molecule has 31 heavy (non-hydrogen) atoms. The van der Waals surface area contributed by atoms with E-state index in [1.54, 1.807) is 18.2 Å². The number of benzene rings is 2. The van der Waals surface area contributed by atoms with Crippen molar-refractivity contribution in [3.05, 3.63) is 88.2 Å². The fourth-order valence-corrected chi connectivity index (χ4v) is 3.35. The van der Waals surface area contributed by atoms with Crippen LogP contribution in [-0.4, -0.2) is 28.8 Å². The largest absolute Gasteiger partial charge is 0.343 e. The number of aryl methyl sites for hydroxylation is 3. The minimum atomic E-state index is -0.526. The number of rotatable bonds is 5. The first kappa shape index (κ1) is 21.8. The van der Waals surface area contributed by atoms with Crippen molar-refractivity contribution >= 4 is 17.7 Å². The number of nitrogens with zero attached hydrogens (tertiary/aromatic N) is 1. The number of hydrogen-bond donors (Lipinski definition) is 3.